The quantitative estimate of drug-likeness (QED) is 0.180. The van der Waals surface area contributed by atoms with Crippen LogP contribution in [0, 0.1) is 0 Å². The van der Waals surface area contributed by atoms with Gasteiger partial charge in [0.2, 0.25) is 0 Å². The van der Waals surface area contributed by atoms with Crippen molar-refractivity contribution in [3.8, 4) is 85.4 Å². The number of H-pyrrole nitrogens is 1. The van der Waals surface area contributed by atoms with Gasteiger partial charge in [-0.1, -0.05) is 242 Å². The first-order valence-corrected chi connectivity index (χ1v) is 48.5. The molecule has 1 N–H and O–H groups in total. The molecule has 8 heterocycles. The van der Waals surface area contributed by atoms with E-state index in [2.05, 4.69) is 380 Å². The summed E-state index contributed by atoms with van der Waals surface area (Å²) in [7, 11) is 0. The van der Waals surface area contributed by atoms with Crippen molar-refractivity contribution in [3.63, 3.8) is 0 Å². The molecular weight excluding hydrogens is 1900 g/mol. The third kappa shape index (κ3) is 14.5. The van der Waals surface area contributed by atoms with Crippen molar-refractivity contribution in [2.75, 3.05) is 19.6 Å². The van der Waals surface area contributed by atoms with Crippen LogP contribution in [0.4, 0.5) is 68.2 Å². The highest BCUT2D eigenvalue weighted by atomic mass is 79.9. The number of fused-ring (bicyclic) bond motifs is 25. The average Bonchev–Trinajstić information content (AvgIpc) is 1.55. The van der Waals surface area contributed by atoms with Crippen LogP contribution >= 0.6 is 47.8 Å². The number of para-hydroxylation sites is 19. The SMILES string of the molecule is Brc1ccc2c(c1)-c1cc(Br)ccc1C2.Brc1ccc2c(c1)-c1ccccc1C2.c1ccc2c(c1)Cc1ccccc1O2.c1ccc2c(c1)Oc1ccccc1N2c1ccc2[nH]c3ccc(N4c5ccccc5Oc5ccccc54)cc3c2c1.c1ccc2c(c1)Oc1ccccc1N2c1ccc2c(c1)c1cc(N3c4ccccc4Oc4ccccc43)ccc1n2-c1ccc2oc3ccccc3c2c1. The van der Waals surface area contributed by atoms with Crippen molar-refractivity contribution in [1.82, 2.24) is 9.55 Å². The molecule has 0 fully saturated rings. The number of aromatic amines is 1. The van der Waals surface area contributed by atoms with E-state index in [0.717, 1.165) is 230 Å². The Bertz CT molecular complexity index is 8260. The maximum absolute atomic E-state index is 6.38. The van der Waals surface area contributed by atoms with Gasteiger partial charge in [0.1, 0.15) is 22.7 Å². The highest BCUT2D eigenvalue weighted by Gasteiger charge is 2.33. The van der Waals surface area contributed by atoms with Gasteiger partial charge in [0.25, 0.3) is 0 Å². The molecule has 0 atom stereocenters. The summed E-state index contributed by atoms with van der Waals surface area (Å²) < 4.78 is 43.1. The van der Waals surface area contributed by atoms with Gasteiger partial charge in [-0.25, -0.2) is 0 Å². The molecule has 0 bridgehead atoms. The lowest BCUT2D eigenvalue weighted by molar-refractivity contribution is 0.460. The van der Waals surface area contributed by atoms with Gasteiger partial charge in [-0.15, -0.1) is 0 Å². The van der Waals surface area contributed by atoms with E-state index < -0.39 is 0 Å². The second-order valence-electron chi connectivity index (χ2n) is 35.0. The Morgan fingerprint density at radius 1 is 0.196 bits per heavy atom. The summed E-state index contributed by atoms with van der Waals surface area (Å²) in [5.41, 5.74) is 33.3. The van der Waals surface area contributed by atoms with Gasteiger partial charge >= 0.3 is 0 Å². The maximum Gasteiger partial charge on any atom is 0.151 e. The van der Waals surface area contributed by atoms with Crippen LogP contribution in [0.2, 0.25) is 0 Å². The molecule has 15 heteroatoms. The molecule has 0 spiro atoms. The van der Waals surface area contributed by atoms with Crippen molar-refractivity contribution < 1.29 is 28.1 Å². The van der Waals surface area contributed by atoms with E-state index in [1.165, 1.54) is 55.6 Å². The molecular formula is C123H79Br3N6O6. The van der Waals surface area contributed by atoms with Crippen LogP contribution in [0.5, 0.6) is 57.5 Å². The molecule has 3 aromatic heterocycles. The zero-order chi connectivity index (χ0) is 91.6. The lowest BCUT2D eigenvalue weighted by Gasteiger charge is -2.33. The minimum atomic E-state index is 0.825. The molecule has 0 amide bonds. The topological polar surface area (TPSA) is 93.0 Å². The summed E-state index contributed by atoms with van der Waals surface area (Å²) in [5.74, 6) is 8.66. The van der Waals surface area contributed by atoms with E-state index in [4.69, 9.17) is 28.1 Å². The van der Waals surface area contributed by atoms with Gasteiger partial charge in [0.15, 0.2) is 46.0 Å². The normalized spacial score (nSPS) is 12.9. The minimum Gasteiger partial charge on any atom is -0.457 e. The highest BCUT2D eigenvalue weighted by Crippen LogP contribution is 2.58. The number of ether oxygens (including phenoxy) is 5. The summed E-state index contributed by atoms with van der Waals surface area (Å²) in [6.07, 6.45) is 3.12. The Kier molecular flexibility index (Phi) is 20.3. The zero-order valence-corrected chi connectivity index (χ0v) is 78.8. The van der Waals surface area contributed by atoms with E-state index in [-0.39, 0.29) is 0 Å². The van der Waals surface area contributed by atoms with Crippen molar-refractivity contribution >= 4 is 182 Å². The lowest BCUT2D eigenvalue weighted by atomic mass is 10.0. The summed E-state index contributed by atoms with van der Waals surface area (Å²) in [5, 5.41) is 6.80. The van der Waals surface area contributed by atoms with Gasteiger partial charge in [0, 0.05) is 91.6 Å². The van der Waals surface area contributed by atoms with E-state index in [9.17, 15) is 0 Å². The first-order chi connectivity index (χ1) is 68.1. The average molecular weight is 1980 g/mol. The highest BCUT2D eigenvalue weighted by molar-refractivity contribution is 9.11. The van der Waals surface area contributed by atoms with Crippen molar-refractivity contribution in [3.05, 3.63) is 484 Å². The van der Waals surface area contributed by atoms with Gasteiger partial charge in [-0.2, -0.15) is 0 Å². The predicted octanol–water partition coefficient (Wildman–Crippen LogP) is 36.5. The van der Waals surface area contributed by atoms with Crippen LogP contribution in [-0.2, 0) is 19.3 Å². The number of benzene rings is 20. The zero-order valence-electron chi connectivity index (χ0n) is 74.0. The van der Waals surface area contributed by atoms with Crippen LogP contribution in [0.3, 0.4) is 0 Å². The molecule has 0 radical (unpaired) electrons. The van der Waals surface area contributed by atoms with Crippen LogP contribution in [-0.4, -0.2) is 9.55 Å². The molecule has 20 aromatic carbocycles. The van der Waals surface area contributed by atoms with Gasteiger partial charge in [0.05, 0.1) is 56.5 Å². The van der Waals surface area contributed by atoms with E-state index in [1.54, 1.807) is 0 Å². The molecule has 658 valence electrons. The molecule has 2 aliphatic carbocycles. The fraction of sp³-hybridized carbons (Fsp3) is 0.0244. The molecule has 138 heavy (non-hydrogen) atoms. The maximum atomic E-state index is 6.38. The van der Waals surface area contributed by atoms with E-state index in [1.807, 2.05) is 133 Å². The molecule has 0 saturated carbocycles. The van der Waals surface area contributed by atoms with Crippen LogP contribution < -0.4 is 43.3 Å². The van der Waals surface area contributed by atoms with Gasteiger partial charge < -0.3 is 57.3 Å². The second-order valence-corrected chi connectivity index (χ2v) is 37.7. The summed E-state index contributed by atoms with van der Waals surface area (Å²) in [6, 6.07) is 152. The fourth-order valence-electron chi connectivity index (χ4n) is 20.5. The van der Waals surface area contributed by atoms with Gasteiger partial charge in [-0.05, 0) is 311 Å². The standard InChI is InChI=1S/C48H29N3O3.C36H23N3O2.C13H8Br2.C13H9Br.C13H10O/c1-6-16-43-33(11-1)36-29-32(23-26-44(36)52-43)49-37-24-21-30(50-39-12-2-7-17-45(39)53-46-18-8-3-13-40(46)50)27-34(37)35-28-31(22-25-38(35)49)51-41-14-4-9-19-47(41)54-48-20-10-5-15-42(48)51;1-5-13-33-29(9-1)38(30-10-2-6-14-34(30)40-33)23-17-19-27-25(21-23)26-22-24(18-20-28(26)37-27)39-31-11-3-7-15-35(31)41-36-16-8-4-12-32(36)39;14-10-3-1-8-5-9-2-4-11(15)7-13(9)12(8)6-10;14-11-6-5-10-7-9-3-1-2-4-12(9)13(10)8-11;1-3-7-12-10(5-1)9-11-6-2-4-8-13(11)14-12/h1-29H;1-22,37H;1-4,6-7H,5H2;1-6,8H,7H2;1-8H,9H2. The molecule has 5 aliphatic heterocycles. The number of furan rings is 1. The number of nitrogens with zero attached hydrogens (tertiary/aromatic N) is 5. The Balaban J connectivity index is 0.000000101. The molecule has 30 rings (SSSR count). The Labute approximate surface area is 820 Å². The van der Waals surface area contributed by atoms with Crippen molar-refractivity contribution in [2.24, 2.45) is 0 Å². The molecule has 0 saturated heterocycles. The number of aromatic nitrogens is 2. The Hall–Kier alpha value is -16.6. The van der Waals surface area contributed by atoms with E-state index in [0.29, 0.717) is 0 Å². The minimum absolute atomic E-state index is 0.825. The Morgan fingerprint density at radius 2 is 0.471 bits per heavy atom. The third-order valence-corrected chi connectivity index (χ3v) is 28.3. The molecule has 12 nitrogen and oxygen atoms in total. The number of nitrogens with one attached hydrogen (secondary N) is 1. The fourth-order valence-corrected chi connectivity index (χ4v) is 21.6. The number of hydrogen-bond acceptors (Lipinski definition) is 10. The number of halogens is 3. The van der Waals surface area contributed by atoms with Crippen LogP contribution in [0.1, 0.15) is 33.4 Å². The smallest absolute Gasteiger partial charge is 0.151 e. The van der Waals surface area contributed by atoms with Crippen LogP contribution in [0.25, 0.3) is 93.5 Å². The molecule has 23 aromatic rings. The Morgan fingerprint density at radius 3 is 0.862 bits per heavy atom. The number of anilines is 12. The third-order valence-electron chi connectivity index (χ3n) is 26.8. The number of hydrogen-bond donors (Lipinski definition) is 1. The lowest BCUT2D eigenvalue weighted by Crippen LogP contribution is -2.15. The van der Waals surface area contributed by atoms with Crippen molar-refractivity contribution in [2.45, 2.75) is 19.3 Å². The van der Waals surface area contributed by atoms with E-state index >= 15 is 0 Å². The molecule has 7 aliphatic rings. The first kappa shape index (κ1) is 82.1. The summed E-state index contributed by atoms with van der Waals surface area (Å²) in [6.45, 7) is 0. The summed E-state index contributed by atoms with van der Waals surface area (Å²) >= 11 is 10.6. The monoisotopic (exact) mass is 1970 g/mol. The first-order valence-electron chi connectivity index (χ1n) is 46.1. The van der Waals surface area contributed by atoms with Crippen molar-refractivity contribution in [1.29, 1.82) is 0 Å². The largest absolute Gasteiger partial charge is 0.457 e. The van der Waals surface area contributed by atoms with Gasteiger partial charge in [-0.3, -0.25) is 0 Å². The second kappa shape index (κ2) is 34.1. The number of rotatable bonds is 5. The predicted molar refractivity (Wildman–Crippen MR) is 571 cm³/mol. The molecule has 0 unspecified atom stereocenters. The summed E-state index contributed by atoms with van der Waals surface area (Å²) in [4.78, 5) is 12.8. The van der Waals surface area contributed by atoms with Crippen LogP contribution in [0.15, 0.2) is 455 Å².